The van der Waals surface area contributed by atoms with Gasteiger partial charge in [0.05, 0.1) is 6.10 Å². The SMILES string of the molecule is CC(C)c1ccccc1Oc1ccc([C@@H](C)O)cc1F. The number of aliphatic hydroxyl groups is 1. The molecule has 0 aliphatic carbocycles. The van der Waals surface area contributed by atoms with E-state index in [1.165, 1.54) is 6.07 Å². The quantitative estimate of drug-likeness (QED) is 0.868. The molecule has 3 heteroatoms. The Hall–Kier alpha value is -1.87. The summed E-state index contributed by atoms with van der Waals surface area (Å²) in [5.41, 5.74) is 1.57. The Morgan fingerprint density at radius 1 is 1.00 bits per heavy atom. The molecule has 0 aliphatic rings. The summed E-state index contributed by atoms with van der Waals surface area (Å²) in [6.45, 7) is 5.73. The lowest BCUT2D eigenvalue weighted by atomic mass is 10.0. The van der Waals surface area contributed by atoms with E-state index in [0.29, 0.717) is 17.2 Å². The van der Waals surface area contributed by atoms with Gasteiger partial charge in [0.1, 0.15) is 5.75 Å². The van der Waals surface area contributed by atoms with Gasteiger partial charge in [0.25, 0.3) is 0 Å². The van der Waals surface area contributed by atoms with Gasteiger partial charge in [0, 0.05) is 0 Å². The van der Waals surface area contributed by atoms with Crippen LogP contribution in [-0.2, 0) is 0 Å². The van der Waals surface area contributed by atoms with Crippen LogP contribution in [0.25, 0.3) is 0 Å². The van der Waals surface area contributed by atoms with Gasteiger partial charge in [-0.15, -0.1) is 0 Å². The summed E-state index contributed by atoms with van der Waals surface area (Å²) < 4.78 is 19.7. The molecule has 0 bridgehead atoms. The molecular weight excluding hydrogens is 255 g/mol. The van der Waals surface area contributed by atoms with Crippen LogP contribution in [0.15, 0.2) is 42.5 Å². The molecule has 0 spiro atoms. The minimum Gasteiger partial charge on any atom is -0.454 e. The van der Waals surface area contributed by atoms with Crippen LogP contribution in [0.2, 0.25) is 0 Å². The molecule has 0 radical (unpaired) electrons. The lowest BCUT2D eigenvalue weighted by Gasteiger charge is -2.14. The molecule has 1 atom stereocenters. The van der Waals surface area contributed by atoms with Gasteiger partial charge in [-0.3, -0.25) is 0 Å². The Balaban J connectivity index is 2.31. The predicted octanol–water partition coefficient (Wildman–Crippen LogP) is 4.79. The number of ether oxygens (including phenoxy) is 1. The third kappa shape index (κ3) is 3.17. The monoisotopic (exact) mass is 274 g/mol. The van der Waals surface area contributed by atoms with E-state index in [1.54, 1.807) is 19.1 Å². The first kappa shape index (κ1) is 14.5. The van der Waals surface area contributed by atoms with Gasteiger partial charge in [0.15, 0.2) is 11.6 Å². The zero-order chi connectivity index (χ0) is 14.7. The molecule has 1 N–H and O–H groups in total. The average Bonchev–Trinajstić information content (AvgIpc) is 2.41. The summed E-state index contributed by atoms with van der Waals surface area (Å²) in [5.74, 6) is 0.654. The van der Waals surface area contributed by atoms with Crippen LogP contribution >= 0.6 is 0 Å². The maximum absolute atomic E-state index is 14.0. The van der Waals surface area contributed by atoms with Gasteiger partial charge < -0.3 is 9.84 Å². The summed E-state index contributed by atoms with van der Waals surface area (Å²) in [6.07, 6.45) is -0.693. The van der Waals surface area contributed by atoms with Crippen molar-refractivity contribution in [3.63, 3.8) is 0 Å². The molecule has 0 unspecified atom stereocenters. The van der Waals surface area contributed by atoms with Crippen LogP contribution in [0.1, 0.15) is 43.9 Å². The van der Waals surface area contributed by atoms with E-state index in [4.69, 9.17) is 4.74 Å². The first-order chi connectivity index (χ1) is 9.49. The van der Waals surface area contributed by atoms with E-state index < -0.39 is 11.9 Å². The molecule has 0 amide bonds. The van der Waals surface area contributed by atoms with Crippen molar-refractivity contribution in [1.82, 2.24) is 0 Å². The van der Waals surface area contributed by atoms with Crippen LogP contribution in [0.5, 0.6) is 11.5 Å². The standard InChI is InChI=1S/C17H19FO2/c1-11(2)14-6-4-5-7-16(14)20-17-9-8-13(12(3)19)10-15(17)18/h4-12,19H,1-3H3/t12-/m1/s1. The van der Waals surface area contributed by atoms with Gasteiger partial charge in [-0.25, -0.2) is 4.39 Å². The largest absolute Gasteiger partial charge is 0.454 e. The molecule has 0 fully saturated rings. The van der Waals surface area contributed by atoms with Crippen molar-refractivity contribution < 1.29 is 14.2 Å². The van der Waals surface area contributed by atoms with Crippen LogP contribution in [0.4, 0.5) is 4.39 Å². The van der Waals surface area contributed by atoms with E-state index in [-0.39, 0.29) is 5.75 Å². The second-order valence-corrected chi connectivity index (χ2v) is 5.16. The van der Waals surface area contributed by atoms with Gasteiger partial charge in [-0.1, -0.05) is 38.1 Å². The maximum Gasteiger partial charge on any atom is 0.166 e. The number of halogens is 1. The fourth-order valence-electron chi connectivity index (χ4n) is 2.03. The zero-order valence-corrected chi connectivity index (χ0v) is 11.9. The Kier molecular flexibility index (Phi) is 4.40. The molecule has 0 heterocycles. The Bertz CT molecular complexity index is 591. The van der Waals surface area contributed by atoms with Crippen molar-refractivity contribution in [2.24, 2.45) is 0 Å². The highest BCUT2D eigenvalue weighted by molar-refractivity contribution is 5.40. The Labute approximate surface area is 118 Å². The van der Waals surface area contributed by atoms with Crippen molar-refractivity contribution in [2.45, 2.75) is 32.8 Å². The van der Waals surface area contributed by atoms with Crippen LogP contribution < -0.4 is 4.74 Å². The summed E-state index contributed by atoms with van der Waals surface area (Å²) in [5, 5.41) is 9.44. The van der Waals surface area contributed by atoms with E-state index in [1.807, 2.05) is 24.3 Å². The third-order valence-electron chi connectivity index (χ3n) is 3.20. The van der Waals surface area contributed by atoms with Crippen molar-refractivity contribution in [3.05, 3.63) is 59.4 Å². The van der Waals surface area contributed by atoms with Gasteiger partial charge in [-0.2, -0.15) is 0 Å². The molecular formula is C17H19FO2. The van der Waals surface area contributed by atoms with Gasteiger partial charge in [0.2, 0.25) is 0 Å². The number of benzene rings is 2. The van der Waals surface area contributed by atoms with Crippen LogP contribution in [0.3, 0.4) is 0 Å². The highest BCUT2D eigenvalue weighted by atomic mass is 19.1. The zero-order valence-electron chi connectivity index (χ0n) is 11.9. The lowest BCUT2D eigenvalue weighted by molar-refractivity contribution is 0.198. The fraction of sp³-hybridized carbons (Fsp3) is 0.294. The van der Waals surface area contributed by atoms with Gasteiger partial charge in [-0.05, 0) is 42.2 Å². The molecule has 2 aromatic carbocycles. The normalized spacial score (nSPS) is 12.5. The molecule has 2 aromatic rings. The first-order valence-electron chi connectivity index (χ1n) is 6.73. The maximum atomic E-state index is 14.0. The minimum absolute atomic E-state index is 0.169. The predicted molar refractivity (Wildman–Crippen MR) is 77.6 cm³/mol. The Morgan fingerprint density at radius 2 is 1.70 bits per heavy atom. The Morgan fingerprint density at radius 3 is 2.30 bits per heavy atom. The van der Waals surface area contributed by atoms with Crippen molar-refractivity contribution >= 4 is 0 Å². The van der Waals surface area contributed by atoms with Crippen molar-refractivity contribution in [1.29, 1.82) is 0 Å². The third-order valence-corrected chi connectivity index (χ3v) is 3.20. The fourth-order valence-corrected chi connectivity index (χ4v) is 2.03. The van der Waals surface area contributed by atoms with E-state index in [2.05, 4.69) is 13.8 Å². The summed E-state index contributed by atoms with van der Waals surface area (Å²) in [7, 11) is 0. The lowest BCUT2D eigenvalue weighted by Crippen LogP contribution is -1.97. The summed E-state index contributed by atoms with van der Waals surface area (Å²) in [4.78, 5) is 0. The van der Waals surface area contributed by atoms with Gasteiger partial charge >= 0.3 is 0 Å². The minimum atomic E-state index is -0.693. The average molecular weight is 274 g/mol. The van der Waals surface area contributed by atoms with Crippen molar-refractivity contribution in [2.75, 3.05) is 0 Å². The van der Waals surface area contributed by atoms with E-state index in [0.717, 1.165) is 5.56 Å². The topological polar surface area (TPSA) is 29.5 Å². The molecule has 0 saturated carbocycles. The molecule has 0 aromatic heterocycles. The molecule has 0 aliphatic heterocycles. The second-order valence-electron chi connectivity index (χ2n) is 5.16. The number of hydrogen-bond acceptors (Lipinski definition) is 2. The first-order valence-corrected chi connectivity index (χ1v) is 6.73. The van der Waals surface area contributed by atoms with Crippen molar-refractivity contribution in [3.8, 4) is 11.5 Å². The number of hydrogen-bond donors (Lipinski definition) is 1. The number of aliphatic hydroxyl groups excluding tert-OH is 1. The van der Waals surface area contributed by atoms with Crippen LogP contribution in [-0.4, -0.2) is 5.11 Å². The summed E-state index contributed by atoms with van der Waals surface area (Å²) >= 11 is 0. The number of rotatable bonds is 4. The highest BCUT2D eigenvalue weighted by Gasteiger charge is 2.12. The van der Waals surface area contributed by atoms with E-state index >= 15 is 0 Å². The highest BCUT2D eigenvalue weighted by Crippen LogP contribution is 2.32. The second kappa shape index (κ2) is 6.06. The summed E-state index contributed by atoms with van der Waals surface area (Å²) in [6, 6.07) is 12.1. The smallest absolute Gasteiger partial charge is 0.166 e. The molecule has 2 nitrogen and oxygen atoms in total. The molecule has 2 rings (SSSR count). The van der Waals surface area contributed by atoms with E-state index in [9.17, 15) is 9.50 Å². The molecule has 106 valence electrons. The molecule has 0 saturated heterocycles. The molecule has 20 heavy (non-hydrogen) atoms. The number of para-hydroxylation sites is 1. The van der Waals surface area contributed by atoms with Crippen LogP contribution in [0, 0.1) is 5.82 Å².